The fourth-order valence-corrected chi connectivity index (χ4v) is 3.54. The number of fused-ring (bicyclic) bond motifs is 1. The number of benzene rings is 1. The van der Waals surface area contributed by atoms with Gasteiger partial charge in [-0.25, -0.2) is 19.7 Å². The molecule has 4 rings (SSSR count). The SMILES string of the molecule is CCNC(=O)Nc1nc2c([C@H]3CCCO3)cc(-c3cnc(C(C)(C)O)nc3)cc2[nH]1.CS(=O)(=O)O. The van der Waals surface area contributed by atoms with Crippen molar-refractivity contribution in [1.82, 2.24) is 25.3 Å². The fourth-order valence-electron chi connectivity index (χ4n) is 3.54. The summed E-state index contributed by atoms with van der Waals surface area (Å²) in [5, 5.41) is 15.5. The monoisotopic (exact) mass is 506 g/mol. The van der Waals surface area contributed by atoms with Gasteiger partial charge < -0.3 is 20.1 Å². The lowest BCUT2D eigenvalue weighted by Crippen LogP contribution is -2.28. The van der Waals surface area contributed by atoms with Gasteiger partial charge in [-0.05, 0) is 51.3 Å². The third-order valence-corrected chi connectivity index (χ3v) is 4.99. The van der Waals surface area contributed by atoms with Crippen LogP contribution >= 0.6 is 0 Å². The van der Waals surface area contributed by atoms with E-state index in [0.717, 1.165) is 40.6 Å². The first kappa shape index (κ1) is 26.5. The number of carbonyl (C=O) groups is 1. The van der Waals surface area contributed by atoms with Gasteiger partial charge in [0.25, 0.3) is 10.1 Å². The van der Waals surface area contributed by atoms with Crippen molar-refractivity contribution in [3.05, 3.63) is 35.9 Å². The Morgan fingerprint density at radius 2 is 1.91 bits per heavy atom. The van der Waals surface area contributed by atoms with Gasteiger partial charge in [0.15, 0.2) is 5.82 Å². The van der Waals surface area contributed by atoms with Gasteiger partial charge in [-0.3, -0.25) is 9.87 Å². The number of rotatable bonds is 5. The van der Waals surface area contributed by atoms with Gasteiger partial charge in [0.1, 0.15) is 5.60 Å². The van der Waals surface area contributed by atoms with Crippen molar-refractivity contribution >= 4 is 33.1 Å². The maximum atomic E-state index is 11.9. The quantitative estimate of drug-likeness (QED) is 0.325. The molecule has 0 bridgehead atoms. The molecule has 1 atom stereocenters. The predicted molar refractivity (Wildman–Crippen MR) is 130 cm³/mol. The summed E-state index contributed by atoms with van der Waals surface area (Å²) < 4.78 is 31.8. The zero-order valence-electron chi connectivity index (χ0n) is 20.0. The van der Waals surface area contributed by atoms with Crippen LogP contribution in [0.2, 0.25) is 0 Å². The summed E-state index contributed by atoms with van der Waals surface area (Å²) in [6.07, 6.45) is 5.97. The summed E-state index contributed by atoms with van der Waals surface area (Å²) >= 11 is 0. The van der Waals surface area contributed by atoms with E-state index < -0.39 is 15.7 Å². The van der Waals surface area contributed by atoms with Gasteiger partial charge in [0.2, 0.25) is 5.95 Å². The van der Waals surface area contributed by atoms with Crippen LogP contribution in [0.25, 0.3) is 22.2 Å². The number of H-pyrrole nitrogens is 1. The number of anilines is 1. The highest BCUT2D eigenvalue weighted by Gasteiger charge is 2.24. The summed E-state index contributed by atoms with van der Waals surface area (Å²) in [6, 6.07) is 3.68. The third-order valence-electron chi connectivity index (χ3n) is 4.99. The Morgan fingerprint density at radius 3 is 2.46 bits per heavy atom. The second kappa shape index (κ2) is 10.6. The molecule has 0 radical (unpaired) electrons. The molecule has 3 heterocycles. The minimum absolute atomic E-state index is 0.0513. The first-order valence-electron chi connectivity index (χ1n) is 11.0. The molecule has 190 valence electrons. The van der Waals surface area contributed by atoms with E-state index in [2.05, 4.69) is 30.6 Å². The largest absolute Gasteiger partial charge is 0.382 e. The van der Waals surface area contributed by atoms with Crippen LogP contribution in [0.15, 0.2) is 24.5 Å². The van der Waals surface area contributed by atoms with Gasteiger partial charge in [0, 0.05) is 36.7 Å². The molecule has 2 aromatic heterocycles. The van der Waals surface area contributed by atoms with E-state index in [4.69, 9.17) is 9.29 Å². The van der Waals surface area contributed by atoms with E-state index in [1.54, 1.807) is 26.2 Å². The normalized spacial score (nSPS) is 16.0. The standard InChI is InChI=1S/C21H26N6O3.CH4O3S/c1-4-22-20(28)27-19-25-15-9-12(13-10-23-18(24-11-13)21(2,3)29)8-14(17(15)26-19)16-6-5-7-30-16;1-5(2,3)4/h8-11,16,29H,4-7H2,1-3H3,(H3,22,25,26,27,28);1H3,(H,2,3,4)/t16-;/m1./s1. The Morgan fingerprint density at radius 1 is 1.26 bits per heavy atom. The lowest BCUT2D eigenvalue weighted by molar-refractivity contribution is 0.0687. The molecular formula is C22H30N6O6S. The Balaban J connectivity index is 0.000000623. The van der Waals surface area contributed by atoms with Crippen LogP contribution in [0.3, 0.4) is 0 Å². The molecule has 1 fully saturated rings. The first-order valence-corrected chi connectivity index (χ1v) is 12.9. The van der Waals surface area contributed by atoms with Crippen LogP contribution in [-0.4, -0.2) is 63.5 Å². The molecule has 3 aromatic rings. The van der Waals surface area contributed by atoms with Crippen molar-refractivity contribution in [3.8, 4) is 11.1 Å². The average molecular weight is 507 g/mol. The van der Waals surface area contributed by atoms with Crippen molar-refractivity contribution in [2.45, 2.75) is 45.3 Å². The molecule has 0 saturated carbocycles. The second-order valence-electron chi connectivity index (χ2n) is 8.62. The zero-order chi connectivity index (χ0) is 25.8. The average Bonchev–Trinajstić information content (AvgIpc) is 3.41. The van der Waals surface area contributed by atoms with Crippen LogP contribution < -0.4 is 10.6 Å². The van der Waals surface area contributed by atoms with Gasteiger partial charge in [-0.1, -0.05) is 0 Å². The van der Waals surface area contributed by atoms with Crippen LogP contribution in [0.1, 0.15) is 51.1 Å². The van der Waals surface area contributed by atoms with E-state index in [1.807, 2.05) is 19.1 Å². The summed E-state index contributed by atoms with van der Waals surface area (Å²) in [4.78, 5) is 28.3. The molecule has 13 heteroatoms. The van der Waals surface area contributed by atoms with Crippen LogP contribution in [0, 0.1) is 0 Å². The van der Waals surface area contributed by atoms with Crippen LogP contribution in [0.5, 0.6) is 0 Å². The Labute approximate surface area is 203 Å². The predicted octanol–water partition coefficient (Wildman–Crippen LogP) is 2.74. The minimum atomic E-state index is -3.67. The van der Waals surface area contributed by atoms with Gasteiger partial charge in [0.05, 0.1) is 23.4 Å². The van der Waals surface area contributed by atoms with E-state index in [9.17, 15) is 18.3 Å². The van der Waals surface area contributed by atoms with Gasteiger partial charge >= 0.3 is 6.03 Å². The number of nitrogens with one attached hydrogen (secondary N) is 3. The van der Waals surface area contributed by atoms with E-state index in [-0.39, 0.29) is 12.1 Å². The smallest absolute Gasteiger partial charge is 0.321 e. The molecule has 0 unspecified atom stereocenters. The van der Waals surface area contributed by atoms with Gasteiger partial charge in [-0.15, -0.1) is 0 Å². The number of ether oxygens (including phenoxy) is 1. The van der Waals surface area contributed by atoms with E-state index >= 15 is 0 Å². The summed E-state index contributed by atoms with van der Waals surface area (Å²) in [7, 11) is -3.67. The number of amides is 2. The van der Waals surface area contributed by atoms with E-state index in [1.165, 1.54) is 0 Å². The van der Waals surface area contributed by atoms with Gasteiger partial charge in [-0.2, -0.15) is 8.42 Å². The molecule has 12 nitrogen and oxygen atoms in total. The molecule has 35 heavy (non-hydrogen) atoms. The zero-order valence-corrected chi connectivity index (χ0v) is 20.8. The molecular weight excluding hydrogens is 476 g/mol. The molecule has 1 saturated heterocycles. The van der Waals surface area contributed by atoms with Crippen LogP contribution in [-0.2, 0) is 20.5 Å². The molecule has 1 aromatic carbocycles. The number of aliphatic hydroxyl groups is 1. The molecule has 0 spiro atoms. The van der Waals surface area contributed by atoms with Crippen molar-refractivity contribution in [3.63, 3.8) is 0 Å². The Kier molecular flexibility index (Phi) is 8.05. The number of aromatic nitrogens is 4. The number of aromatic amines is 1. The highest BCUT2D eigenvalue weighted by atomic mass is 32.2. The van der Waals surface area contributed by atoms with Crippen LogP contribution in [0.4, 0.5) is 10.7 Å². The minimum Gasteiger partial charge on any atom is -0.382 e. The molecule has 1 aliphatic rings. The maximum absolute atomic E-state index is 11.9. The number of urea groups is 1. The topological polar surface area (TPSA) is 179 Å². The summed E-state index contributed by atoms with van der Waals surface area (Å²) in [5.41, 5.74) is 3.14. The Bertz CT molecular complexity index is 1270. The lowest BCUT2D eigenvalue weighted by Gasteiger charge is -2.16. The van der Waals surface area contributed by atoms with Crippen molar-refractivity contribution in [2.24, 2.45) is 0 Å². The molecule has 2 amide bonds. The second-order valence-corrected chi connectivity index (χ2v) is 10.1. The number of imidazole rings is 1. The number of carbonyl (C=O) groups excluding carboxylic acids is 1. The van der Waals surface area contributed by atoms with Crippen molar-refractivity contribution in [2.75, 3.05) is 24.7 Å². The molecule has 1 aliphatic heterocycles. The summed E-state index contributed by atoms with van der Waals surface area (Å²) in [6.45, 7) is 6.40. The highest BCUT2D eigenvalue weighted by molar-refractivity contribution is 7.85. The summed E-state index contributed by atoms with van der Waals surface area (Å²) in [5.74, 6) is 0.739. The lowest BCUT2D eigenvalue weighted by atomic mass is 9.99. The maximum Gasteiger partial charge on any atom is 0.321 e. The third kappa shape index (κ3) is 7.42. The first-order chi connectivity index (χ1) is 16.3. The van der Waals surface area contributed by atoms with Crippen molar-refractivity contribution < 1.29 is 27.6 Å². The highest BCUT2D eigenvalue weighted by Crippen LogP contribution is 2.36. The Hall–Kier alpha value is -3.13. The molecule has 0 aliphatic carbocycles. The molecule has 5 N–H and O–H groups in total. The van der Waals surface area contributed by atoms with E-state index in [0.29, 0.717) is 31.2 Å². The number of hydrogen-bond donors (Lipinski definition) is 5. The van der Waals surface area contributed by atoms with Crippen molar-refractivity contribution in [1.29, 1.82) is 0 Å². The fraction of sp³-hybridized carbons (Fsp3) is 0.455. The number of nitrogens with zero attached hydrogens (tertiary/aromatic N) is 3. The number of hydrogen-bond acceptors (Lipinski definition) is 8.